The van der Waals surface area contributed by atoms with Gasteiger partial charge in [-0.25, -0.2) is 0 Å². The molecule has 0 heterocycles. The van der Waals surface area contributed by atoms with Crippen molar-refractivity contribution in [2.24, 2.45) is 0 Å². The van der Waals surface area contributed by atoms with Crippen LogP contribution in [0.25, 0.3) is 0 Å². The molecule has 0 saturated carbocycles. The van der Waals surface area contributed by atoms with Crippen molar-refractivity contribution in [1.29, 1.82) is 0 Å². The molecule has 0 spiro atoms. The molecular weight excluding hydrogens is 130 g/mol. The number of terminal acetylenes is 1. The molecule has 10 heavy (non-hydrogen) atoms. The molecule has 1 amide bonds. The Balaban J connectivity index is 3.47. The van der Waals surface area contributed by atoms with Crippen molar-refractivity contribution in [3.63, 3.8) is 0 Å². The van der Waals surface area contributed by atoms with Gasteiger partial charge in [-0.1, -0.05) is 5.92 Å². The molecule has 0 aromatic heterocycles. The average Bonchev–Trinajstić information content (AvgIpc) is 1.82. The van der Waals surface area contributed by atoms with E-state index in [9.17, 15) is 9.59 Å². The van der Waals surface area contributed by atoms with Gasteiger partial charge in [-0.3, -0.25) is 9.59 Å². The SMILES string of the molecule is C#CCNC(=O)CC(C)=O. The van der Waals surface area contributed by atoms with E-state index in [1.54, 1.807) is 0 Å². The minimum Gasteiger partial charge on any atom is -0.345 e. The van der Waals surface area contributed by atoms with Crippen LogP contribution in [0, 0.1) is 12.3 Å². The lowest BCUT2D eigenvalue weighted by molar-refractivity contribution is -0.126. The van der Waals surface area contributed by atoms with Crippen LogP contribution < -0.4 is 5.32 Å². The molecule has 0 aromatic carbocycles. The summed E-state index contributed by atoms with van der Waals surface area (Å²) in [5.74, 6) is 1.76. The van der Waals surface area contributed by atoms with E-state index in [1.807, 2.05) is 0 Å². The van der Waals surface area contributed by atoms with Gasteiger partial charge >= 0.3 is 0 Å². The summed E-state index contributed by atoms with van der Waals surface area (Å²) in [6, 6.07) is 0. The quantitative estimate of drug-likeness (QED) is 0.431. The highest BCUT2D eigenvalue weighted by Gasteiger charge is 2.01. The minimum atomic E-state index is -0.314. The molecule has 54 valence electrons. The van der Waals surface area contributed by atoms with Gasteiger partial charge in [0.2, 0.25) is 5.91 Å². The Bertz CT molecular complexity index is 179. The number of hydrogen-bond acceptors (Lipinski definition) is 2. The van der Waals surface area contributed by atoms with Gasteiger partial charge in [0.15, 0.2) is 0 Å². The highest BCUT2D eigenvalue weighted by atomic mass is 16.2. The van der Waals surface area contributed by atoms with Crippen LogP contribution in [0.1, 0.15) is 13.3 Å². The zero-order chi connectivity index (χ0) is 7.98. The topological polar surface area (TPSA) is 46.2 Å². The van der Waals surface area contributed by atoms with Crippen LogP contribution >= 0.6 is 0 Å². The van der Waals surface area contributed by atoms with E-state index >= 15 is 0 Å². The maximum atomic E-state index is 10.6. The summed E-state index contributed by atoms with van der Waals surface area (Å²) < 4.78 is 0. The smallest absolute Gasteiger partial charge is 0.228 e. The Morgan fingerprint density at radius 3 is 2.60 bits per heavy atom. The molecule has 0 aliphatic carbocycles. The van der Waals surface area contributed by atoms with Gasteiger partial charge < -0.3 is 5.32 Å². The number of nitrogens with one attached hydrogen (secondary N) is 1. The number of Topliss-reactive ketones (excluding diaryl/α,β-unsaturated/α-hetero) is 1. The second-order valence-corrected chi connectivity index (χ2v) is 1.86. The fourth-order valence-electron chi connectivity index (χ4n) is 0.438. The molecule has 1 N–H and O–H groups in total. The van der Waals surface area contributed by atoms with Crippen molar-refractivity contribution in [3.8, 4) is 12.3 Å². The van der Waals surface area contributed by atoms with Crippen molar-refractivity contribution < 1.29 is 9.59 Å². The van der Waals surface area contributed by atoms with E-state index < -0.39 is 0 Å². The van der Waals surface area contributed by atoms with Crippen LogP contribution in [0.5, 0.6) is 0 Å². The molecule has 0 aliphatic heterocycles. The van der Waals surface area contributed by atoms with E-state index in [0.29, 0.717) is 0 Å². The van der Waals surface area contributed by atoms with Gasteiger partial charge in [-0.2, -0.15) is 0 Å². The number of rotatable bonds is 3. The predicted octanol–water partition coefficient (Wildman–Crippen LogP) is -0.285. The standard InChI is InChI=1S/C7H9NO2/c1-3-4-8-7(10)5-6(2)9/h1H,4-5H2,2H3,(H,8,10). The van der Waals surface area contributed by atoms with Gasteiger partial charge in [0.05, 0.1) is 13.0 Å². The predicted molar refractivity (Wildman–Crippen MR) is 37.1 cm³/mol. The van der Waals surface area contributed by atoms with Gasteiger partial charge in [-0.05, 0) is 6.92 Å². The van der Waals surface area contributed by atoms with Crippen molar-refractivity contribution >= 4 is 11.7 Å². The molecule has 0 saturated heterocycles. The fourth-order valence-corrected chi connectivity index (χ4v) is 0.438. The molecule has 0 rings (SSSR count). The van der Waals surface area contributed by atoms with E-state index in [0.717, 1.165) is 0 Å². The normalized spacial score (nSPS) is 8.00. The largest absolute Gasteiger partial charge is 0.345 e. The Kier molecular flexibility index (Phi) is 3.97. The van der Waals surface area contributed by atoms with E-state index in [-0.39, 0.29) is 24.7 Å². The van der Waals surface area contributed by atoms with Gasteiger partial charge in [0.1, 0.15) is 5.78 Å². The molecule has 0 fully saturated rings. The molecular formula is C7H9NO2. The van der Waals surface area contributed by atoms with Crippen LogP contribution in [0.3, 0.4) is 0 Å². The summed E-state index contributed by atoms with van der Waals surface area (Å²) >= 11 is 0. The van der Waals surface area contributed by atoms with Gasteiger partial charge in [-0.15, -0.1) is 6.42 Å². The summed E-state index contributed by atoms with van der Waals surface area (Å²) in [6.45, 7) is 1.54. The van der Waals surface area contributed by atoms with E-state index in [1.165, 1.54) is 6.92 Å². The van der Waals surface area contributed by atoms with E-state index in [2.05, 4.69) is 11.2 Å². The lowest BCUT2D eigenvalue weighted by atomic mass is 10.3. The number of amides is 1. The molecule has 0 atom stereocenters. The number of hydrogen-bond donors (Lipinski definition) is 1. The molecule has 0 bridgehead atoms. The molecule has 0 aliphatic rings. The molecule has 3 nitrogen and oxygen atoms in total. The highest BCUT2D eigenvalue weighted by molar-refractivity contribution is 5.96. The lowest BCUT2D eigenvalue weighted by Crippen LogP contribution is -2.24. The molecule has 0 aromatic rings. The molecule has 3 heteroatoms. The summed E-state index contributed by atoms with van der Waals surface area (Å²) in [5, 5.41) is 2.37. The number of ketones is 1. The maximum Gasteiger partial charge on any atom is 0.228 e. The van der Waals surface area contributed by atoms with E-state index in [4.69, 9.17) is 6.42 Å². The number of carbonyl (C=O) groups excluding carboxylic acids is 2. The second-order valence-electron chi connectivity index (χ2n) is 1.86. The Morgan fingerprint density at radius 2 is 2.20 bits per heavy atom. The lowest BCUT2D eigenvalue weighted by Gasteiger charge is -1.95. The third-order valence-corrected chi connectivity index (χ3v) is 0.797. The first-order valence-electron chi connectivity index (χ1n) is 2.86. The third-order valence-electron chi connectivity index (χ3n) is 0.797. The first-order chi connectivity index (χ1) is 4.66. The van der Waals surface area contributed by atoms with Crippen molar-refractivity contribution in [2.75, 3.05) is 6.54 Å². The third kappa shape index (κ3) is 4.85. The first kappa shape index (κ1) is 8.70. The zero-order valence-electron chi connectivity index (χ0n) is 5.81. The van der Waals surface area contributed by atoms with Gasteiger partial charge in [0.25, 0.3) is 0 Å². The number of carbonyl (C=O) groups is 2. The minimum absolute atomic E-state index is 0.0817. The van der Waals surface area contributed by atoms with Crippen LogP contribution in [0.2, 0.25) is 0 Å². The Morgan fingerprint density at radius 1 is 1.60 bits per heavy atom. The first-order valence-corrected chi connectivity index (χ1v) is 2.86. The van der Waals surface area contributed by atoms with Crippen LogP contribution in [-0.4, -0.2) is 18.2 Å². The van der Waals surface area contributed by atoms with Crippen molar-refractivity contribution in [3.05, 3.63) is 0 Å². The molecule has 0 radical (unpaired) electrons. The zero-order valence-corrected chi connectivity index (χ0v) is 5.81. The summed E-state index contributed by atoms with van der Waals surface area (Å²) in [4.78, 5) is 20.9. The summed E-state index contributed by atoms with van der Waals surface area (Å²) in [6.07, 6.45) is 4.78. The van der Waals surface area contributed by atoms with Crippen LogP contribution in [0.4, 0.5) is 0 Å². The fraction of sp³-hybridized carbons (Fsp3) is 0.429. The van der Waals surface area contributed by atoms with Crippen molar-refractivity contribution in [1.82, 2.24) is 5.32 Å². The van der Waals surface area contributed by atoms with Crippen LogP contribution in [-0.2, 0) is 9.59 Å². The monoisotopic (exact) mass is 139 g/mol. The Hall–Kier alpha value is -1.30. The summed E-state index contributed by atoms with van der Waals surface area (Å²) in [7, 11) is 0. The van der Waals surface area contributed by atoms with Crippen LogP contribution in [0.15, 0.2) is 0 Å². The highest BCUT2D eigenvalue weighted by Crippen LogP contribution is 1.79. The summed E-state index contributed by atoms with van der Waals surface area (Å²) in [5.41, 5.74) is 0. The van der Waals surface area contributed by atoms with Crippen molar-refractivity contribution in [2.45, 2.75) is 13.3 Å². The second kappa shape index (κ2) is 4.57. The average molecular weight is 139 g/mol. The molecule has 0 unspecified atom stereocenters. The Labute approximate surface area is 59.8 Å². The maximum absolute atomic E-state index is 10.6. The van der Waals surface area contributed by atoms with Gasteiger partial charge in [0, 0.05) is 0 Å².